The van der Waals surface area contributed by atoms with E-state index < -0.39 is 32.8 Å². The Labute approximate surface area is 367 Å². The molecule has 1 saturated carbocycles. The van der Waals surface area contributed by atoms with Crippen LogP contribution in [0.2, 0.25) is 0 Å². The molecule has 0 radical (unpaired) electrons. The van der Waals surface area contributed by atoms with Crippen LogP contribution >= 0.6 is 0 Å². The van der Waals surface area contributed by atoms with Gasteiger partial charge in [0.05, 0.1) is 44.8 Å². The van der Waals surface area contributed by atoms with Crippen LogP contribution in [0.5, 0.6) is 5.75 Å². The van der Waals surface area contributed by atoms with E-state index in [0.717, 1.165) is 23.7 Å². The van der Waals surface area contributed by atoms with Crippen molar-refractivity contribution in [3.63, 3.8) is 0 Å². The Hall–Kier alpha value is -6.53. The number of benzene rings is 3. The maximum Gasteiger partial charge on any atom is 0.438 e. The van der Waals surface area contributed by atoms with E-state index in [-0.39, 0.29) is 28.3 Å². The summed E-state index contributed by atoms with van der Waals surface area (Å²) < 4.78 is 58.7. The molecule has 64 heavy (non-hydrogen) atoms. The third-order valence-corrected chi connectivity index (χ3v) is 14.7. The summed E-state index contributed by atoms with van der Waals surface area (Å²) in [6.07, 6.45) is 7.29. The van der Waals surface area contributed by atoms with Crippen molar-refractivity contribution >= 4 is 26.5 Å². The van der Waals surface area contributed by atoms with Gasteiger partial charge in [0, 0.05) is 67.4 Å². The Morgan fingerprint density at radius 3 is 2.38 bits per heavy atom. The highest BCUT2D eigenvalue weighted by atomic mass is 32.2. The standard InChI is InChI=1S/C46H48FN9O7S/c1-25-19-33(20-26(2)40(25)47)56-41(54-16-15-53(45(54)59)32-8-10-38(64(6,48)60)37(23-32)61-5)39-28(4)52(14-11-34(39)50-56)42(57)36-22-31-21-30(29-12-17-62-18-13-29)7-9-35(31)55(36)46(24-27(46)3)43-49-44(58)63-51-43/h7-10,15-16,19-23,27-29,48H,11-14,17-18,24H2,1-6H3,(H,49,51,58)/t27-,28-,46-,64?/m0/s1. The van der Waals surface area contributed by atoms with E-state index in [0.29, 0.717) is 89.6 Å². The van der Waals surface area contributed by atoms with Gasteiger partial charge >= 0.3 is 11.4 Å². The van der Waals surface area contributed by atoms with Gasteiger partial charge in [0.25, 0.3) is 5.91 Å². The molecule has 10 rings (SSSR count). The largest absolute Gasteiger partial charge is 0.495 e. The highest BCUT2D eigenvalue weighted by molar-refractivity contribution is 7.91. The summed E-state index contributed by atoms with van der Waals surface area (Å²) in [5, 5.41) is 10.1. The molecule has 1 aliphatic carbocycles. The van der Waals surface area contributed by atoms with Crippen LogP contribution in [0.4, 0.5) is 4.39 Å². The minimum Gasteiger partial charge on any atom is -0.495 e. The fourth-order valence-electron chi connectivity index (χ4n) is 10.1. The summed E-state index contributed by atoms with van der Waals surface area (Å²) in [6.45, 7) is 9.02. The molecule has 3 aromatic carbocycles. The Morgan fingerprint density at radius 2 is 1.72 bits per heavy atom. The molecule has 7 aromatic rings. The molecule has 18 heteroatoms. The lowest BCUT2D eigenvalue weighted by Crippen LogP contribution is -2.41. The van der Waals surface area contributed by atoms with Gasteiger partial charge in [-0.15, -0.1) is 0 Å². The second-order valence-electron chi connectivity index (χ2n) is 17.5. The van der Waals surface area contributed by atoms with E-state index in [1.807, 2.05) is 17.6 Å². The number of rotatable bonds is 9. The first-order valence-corrected chi connectivity index (χ1v) is 23.3. The van der Waals surface area contributed by atoms with Crippen molar-refractivity contribution in [1.82, 2.24) is 38.5 Å². The summed E-state index contributed by atoms with van der Waals surface area (Å²) in [4.78, 5) is 47.3. The van der Waals surface area contributed by atoms with Gasteiger partial charge in [-0.3, -0.25) is 23.4 Å². The lowest BCUT2D eigenvalue weighted by molar-refractivity contribution is 0.0663. The number of imidazole rings is 1. The number of nitrogens with zero attached hydrogens (tertiary/aromatic N) is 7. The number of halogens is 1. The molecule has 1 unspecified atom stereocenters. The van der Waals surface area contributed by atoms with Crippen LogP contribution < -0.4 is 16.2 Å². The zero-order chi connectivity index (χ0) is 45.0. The van der Waals surface area contributed by atoms with Gasteiger partial charge in [-0.1, -0.05) is 18.1 Å². The SMILES string of the molecule is COc1cc(-n2ccn(-c3c4c(nn3-c3cc(C)c(F)c(C)c3)CCN(C(=O)c3cc5cc(C6CCOCC6)ccc5n3[C@@]3(c5noc(=O)[nH]5)C[C@@H]3C)[C@H]4C)c2=O)ccc1S(C)(=N)=O. The van der Waals surface area contributed by atoms with E-state index in [4.69, 9.17) is 23.9 Å². The van der Waals surface area contributed by atoms with Crippen LogP contribution in [0.25, 0.3) is 28.1 Å². The van der Waals surface area contributed by atoms with E-state index in [2.05, 4.69) is 35.3 Å². The van der Waals surface area contributed by atoms with Crippen LogP contribution in [0.1, 0.15) is 89.3 Å². The molecule has 3 aliphatic rings. The van der Waals surface area contributed by atoms with Crippen molar-refractivity contribution < 1.29 is 27.4 Å². The smallest absolute Gasteiger partial charge is 0.438 e. The second kappa shape index (κ2) is 15.0. The molecular weight excluding hydrogens is 842 g/mol. The quantitative estimate of drug-likeness (QED) is 0.159. The lowest BCUT2D eigenvalue weighted by Gasteiger charge is -2.34. The normalized spacial score (nSPS) is 21.0. The second-order valence-corrected chi connectivity index (χ2v) is 19.6. The highest BCUT2D eigenvalue weighted by Crippen LogP contribution is 2.56. The van der Waals surface area contributed by atoms with Gasteiger partial charge in [0.2, 0.25) is 0 Å². The van der Waals surface area contributed by atoms with Crippen LogP contribution in [-0.4, -0.2) is 81.8 Å². The van der Waals surface area contributed by atoms with Gasteiger partial charge in [-0.05, 0) is 111 Å². The number of hydrogen-bond donors (Lipinski definition) is 2. The lowest BCUT2D eigenvalue weighted by atomic mass is 9.91. The number of aromatic nitrogens is 7. The van der Waals surface area contributed by atoms with Crippen LogP contribution in [0, 0.1) is 30.4 Å². The predicted octanol–water partition coefficient (Wildman–Crippen LogP) is 6.68. The van der Waals surface area contributed by atoms with Crippen LogP contribution in [0.15, 0.2) is 86.0 Å². The molecule has 0 spiro atoms. The van der Waals surface area contributed by atoms with Gasteiger partial charge in [-0.25, -0.2) is 27.6 Å². The molecule has 332 valence electrons. The number of nitrogens with one attached hydrogen (secondary N) is 2. The number of methoxy groups -OCH3 is 1. The first-order chi connectivity index (χ1) is 30.6. The first-order valence-electron chi connectivity index (χ1n) is 21.3. The Bertz CT molecular complexity index is 3250. The van der Waals surface area contributed by atoms with Crippen molar-refractivity contribution in [2.24, 2.45) is 5.92 Å². The molecule has 16 nitrogen and oxygen atoms in total. The minimum absolute atomic E-state index is 0.00790. The number of fused-ring (bicyclic) bond motifs is 2. The Balaban J connectivity index is 1.12. The number of carbonyl (C=O) groups is 1. The number of aromatic amines is 1. The number of ether oxygens (including phenoxy) is 2. The molecule has 4 aromatic heterocycles. The summed E-state index contributed by atoms with van der Waals surface area (Å²) in [6, 6.07) is 15.7. The number of H-pyrrole nitrogens is 1. The third-order valence-electron chi connectivity index (χ3n) is 13.5. The molecule has 1 amide bonds. The van der Waals surface area contributed by atoms with Gasteiger partial charge in [0.15, 0.2) is 5.82 Å². The summed E-state index contributed by atoms with van der Waals surface area (Å²) in [5.74, 6) is 0.00350. The van der Waals surface area contributed by atoms with E-state index >= 15 is 9.18 Å². The van der Waals surface area contributed by atoms with Gasteiger partial charge in [-0.2, -0.15) is 5.10 Å². The average molecular weight is 890 g/mol. The topological polar surface area (TPSA) is 188 Å². The molecular formula is C46H48FN9O7S. The Kier molecular flexibility index (Phi) is 9.75. The van der Waals surface area contributed by atoms with E-state index in [1.54, 1.807) is 60.1 Å². The summed E-state index contributed by atoms with van der Waals surface area (Å²) in [5.41, 5.74) is 4.19. The third kappa shape index (κ3) is 6.47. The monoisotopic (exact) mass is 889 g/mol. The molecule has 2 fully saturated rings. The van der Waals surface area contributed by atoms with Crippen molar-refractivity contribution in [2.45, 2.75) is 75.8 Å². The van der Waals surface area contributed by atoms with Crippen molar-refractivity contribution in [3.05, 3.63) is 133 Å². The summed E-state index contributed by atoms with van der Waals surface area (Å²) >= 11 is 0. The van der Waals surface area contributed by atoms with Crippen LogP contribution in [0.3, 0.4) is 0 Å². The van der Waals surface area contributed by atoms with Crippen molar-refractivity contribution in [3.8, 4) is 22.9 Å². The predicted molar refractivity (Wildman–Crippen MR) is 235 cm³/mol. The van der Waals surface area contributed by atoms with Crippen molar-refractivity contribution in [1.29, 1.82) is 4.78 Å². The van der Waals surface area contributed by atoms with E-state index in [9.17, 15) is 13.8 Å². The number of amides is 1. The van der Waals surface area contributed by atoms with Crippen LogP contribution in [-0.2, 0) is 26.4 Å². The maximum atomic E-state index is 15.5. The first kappa shape index (κ1) is 41.5. The number of hydrogen-bond acceptors (Lipinski definition) is 10. The molecule has 6 heterocycles. The Morgan fingerprint density at radius 1 is 1.00 bits per heavy atom. The highest BCUT2D eigenvalue weighted by Gasteiger charge is 2.59. The van der Waals surface area contributed by atoms with E-state index in [1.165, 1.54) is 34.1 Å². The zero-order valence-corrected chi connectivity index (χ0v) is 37.1. The number of aryl methyl sites for hydroxylation is 2. The van der Waals surface area contributed by atoms with Gasteiger partial charge < -0.3 is 18.9 Å². The fraction of sp³-hybridized carbons (Fsp3) is 0.370. The maximum absolute atomic E-state index is 15.5. The molecule has 1 saturated heterocycles. The summed E-state index contributed by atoms with van der Waals surface area (Å²) in [7, 11) is -1.72. The molecule has 2 N–H and O–H groups in total. The van der Waals surface area contributed by atoms with Crippen molar-refractivity contribution in [2.75, 3.05) is 33.1 Å². The molecule has 2 aliphatic heterocycles. The fourth-order valence-corrected chi connectivity index (χ4v) is 10.9. The average Bonchev–Trinajstić information content (AvgIpc) is 3.77. The molecule has 4 atom stereocenters. The zero-order valence-electron chi connectivity index (χ0n) is 36.3. The molecule has 0 bridgehead atoms. The minimum atomic E-state index is -3.13. The number of carbonyl (C=O) groups excluding carboxylic acids is 1. The van der Waals surface area contributed by atoms with Gasteiger partial charge in [0.1, 0.15) is 28.6 Å².